The molecule has 2 rings (SSSR count). The van der Waals surface area contributed by atoms with Gasteiger partial charge in [0.05, 0.1) is 4.21 Å². The molecular formula is C16H20N2OS2. The Morgan fingerprint density at radius 3 is 2.62 bits per heavy atom. The van der Waals surface area contributed by atoms with Gasteiger partial charge in [-0.3, -0.25) is 10.1 Å². The van der Waals surface area contributed by atoms with Crippen molar-refractivity contribution in [1.29, 1.82) is 0 Å². The molecule has 21 heavy (non-hydrogen) atoms. The SMILES string of the molecule is CCCNC(CSc1cccs1)(C(N)=O)c1ccccc1. The van der Waals surface area contributed by atoms with Crippen LogP contribution in [-0.2, 0) is 10.3 Å². The lowest BCUT2D eigenvalue weighted by atomic mass is 9.91. The van der Waals surface area contributed by atoms with E-state index in [-0.39, 0.29) is 5.91 Å². The van der Waals surface area contributed by atoms with Crippen LogP contribution in [0.5, 0.6) is 0 Å². The summed E-state index contributed by atoms with van der Waals surface area (Å²) >= 11 is 3.34. The second kappa shape index (κ2) is 7.64. The molecule has 0 aliphatic heterocycles. The molecule has 3 nitrogen and oxygen atoms in total. The average Bonchev–Trinajstić information content (AvgIpc) is 3.02. The minimum atomic E-state index is -0.827. The summed E-state index contributed by atoms with van der Waals surface area (Å²) in [7, 11) is 0. The first kappa shape index (κ1) is 16.1. The van der Waals surface area contributed by atoms with Gasteiger partial charge in [-0.2, -0.15) is 0 Å². The van der Waals surface area contributed by atoms with Crippen LogP contribution in [0.2, 0.25) is 0 Å². The lowest BCUT2D eigenvalue weighted by molar-refractivity contribution is -0.123. The summed E-state index contributed by atoms with van der Waals surface area (Å²) in [6.45, 7) is 2.83. The monoisotopic (exact) mass is 320 g/mol. The molecule has 1 aromatic carbocycles. The van der Waals surface area contributed by atoms with Crippen LogP contribution in [0.1, 0.15) is 18.9 Å². The molecule has 3 N–H and O–H groups in total. The predicted octanol–water partition coefficient (Wildman–Crippen LogP) is 3.22. The molecule has 0 aliphatic rings. The van der Waals surface area contributed by atoms with Gasteiger partial charge in [0.25, 0.3) is 0 Å². The highest BCUT2D eigenvalue weighted by atomic mass is 32.2. The van der Waals surface area contributed by atoms with Gasteiger partial charge in [-0.05, 0) is 30.0 Å². The first-order chi connectivity index (χ1) is 10.2. The van der Waals surface area contributed by atoms with Gasteiger partial charge in [-0.1, -0.05) is 43.3 Å². The summed E-state index contributed by atoms with van der Waals surface area (Å²) in [4.78, 5) is 12.2. The van der Waals surface area contributed by atoms with E-state index in [9.17, 15) is 4.79 Å². The van der Waals surface area contributed by atoms with Crippen molar-refractivity contribution < 1.29 is 4.79 Å². The molecule has 0 fully saturated rings. The maximum absolute atomic E-state index is 12.2. The summed E-state index contributed by atoms with van der Waals surface area (Å²) in [5, 5.41) is 5.41. The van der Waals surface area contributed by atoms with E-state index in [4.69, 9.17) is 5.73 Å². The second-order valence-corrected chi connectivity index (χ2v) is 7.01. The normalized spacial score (nSPS) is 13.8. The van der Waals surface area contributed by atoms with E-state index in [0.717, 1.165) is 18.5 Å². The Morgan fingerprint density at radius 2 is 2.05 bits per heavy atom. The van der Waals surface area contributed by atoms with Crippen LogP contribution < -0.4 is 11.1 Å². The quantitative estimate of drug-likeness (QED) is 0.734. The number of benzene rings is 1. The molecule has 0 saturated heterocycles. The lowest BCUT2D eigenvalue weighted by Gasteiger charge is -2.32. The average molecular weight is 320 g/mol. The molecule has 5 heteroatoms. The largest absolute Gasteiger partial charge is 0.368 e. The van der Waals surface area contributed by atoms with E-state index < -0.39 is 5.54 Å². The number of thioether (sulfide) groups is 1. The third kappa shape index (κ3) is 3.87. The van der Waals surface area contributed by atoms with Crippen molar-refractivity contribution in [2.24, 2.45) is 5.73 Å². The molecule has 1 unspecified atom stereocenters. The molecule has 0 spiro atoms. The highest BCUT2D eigenvalue weighted by molar-refractivity contribution is 8.01. The van der Waals surface area contributed by atoms with Crippen molar-refractivity contribution >= 4 is 29.0 Å². The molecule has 0 radical (unpaired) electrons. The zero-order valence-corrected chi connectivity index (χ0v) is 13.7. The predicted molar refractivity (Wildman–Crippen MR) is 90.7 cm³/mol. The van der Waals surface area contributed by atoms with E-state index >= 15 is 0 Å². The van der Waals surface area contributed by atoms with Crippen molar-refractivity contribution in [3.8, 4) is 0 Å². The summed E-state index contributed by atoms with van der Waals surface area (Å²) in [5.41, 5.74) is 5.87. The van der Waals surface area contributed by atoms with Crippen LogP contribution in [0.25, 0.3) is 0 Å². The van der Waals surface area contributed by atoms with Crippen molar-refractivity contribution in [3.05, 3.63) is 53.4 Å². The first-order valence-corrected chi connectivity index (χ1v) is 8.82. The van der Waals surface area contributed by atoms with Crippen molar-refractivity contribution in [3.63, 3.8) is 0 Å². The molecule has 2 aromatic rings. The van der Waals surface area contributed by atoms with Gasteiger partial charge in [0.1, 0.15) is 5.54 Å². The fraction of sp³-hybridized carbons (Fsp3) is 0.312. The summed E-state index contributed by atoms with van der Waals surface area (Å²) in [6, 6.07) is 13.8. The van der Waals surface area contributed by atoms with Crippen molar-refractivity contribution in [2.75, 3.05) is 12.3 Å². The zero-order chi connectivity index (χ0) is 15.1. The fourth-order valence-corrected chi connectivity index (χ4v) is 4.13. The fourth-order valence-electron chi connectivity index (χ4n) is 2.12. The Balaban J connectivity index is 2.28. The first-order valence-electron chi connectivity index (χ1n) is 6.96. The van der Waals surface area contributed by atoms with E-state index in [0.29, 0.717) is 5.75 Å². The molecule has 1 heterocycles. The highest BCUT2D eigenvalue weighted by Gasteiger charge is 2.38. The third-order valence-electron chi connectivity index (χ3n) is 3.29. The van der Waals surface area contributed by atoms with Crippen LogP contribution in [-0.4, -0.2) is 18.2 Å². The molecule has 0 saturated carbocycles. The van der Waals surface area contributed by atoms with Crippen molar-refractivity contribution in [2.45, 2.75) is 23.1 Å². The standard InChI is InChI=1S/C16H20N2OS2/c1-2-10-18-16(15(17)19,13-7-4-3-5-8-13)12-21-14-9-6-11-20-14/h3-9,11,18H,2,10,12H2,1H3,(H2,17,19). The molecule has 1 amide bonds. The minimum Gasteiger partial charge on any atom is -0.368 e. The van der Waals surface area contributed by atoms with Crippen LogP contribution in [0.3, 0.4) is 0 Å². The molecular weight excluding hydrogens is 300 g/mol. The van der Waals surface area contributed by atoms with Gasteiger partial charge in [0.15, 0.2) is 0 Å². The number of hydrogen-bond acceptors (Lipinski definition) is 4. The van der Waals surface area contributed by atoms with Gasteiger partial charge in [-0.25, -0.2) is 0 Å². The van der Waals surface area contributed by atoms with Crippen molar-refractivity contribution in [1.82, 2.24) is 5.32 Å². The van der Waals surface area contributed by atoms with E-state index in [2.05, 4.69) is 18.3 Å². The molecule has 0 aliphatic carbocycles. The number of amides is 1. The summed E-state index contributed by atoms with van der Waals surface area (Å²) < 4.78 is 1.19. The smallest absolute Gasteiger partial charge is 0.243 e. The third-order valence-corrected chi connectivity index (χ3v) is 5.59. The number of hydrogen-bond donors (Lipinski definition) is 2. The number of primary amides is 1. The number of rotatable bonds is 8. The van der Waals surface area contributed by atoms with Crippen LogP contribution in [0, 0.1) is 0 Å². The van der Waals surface area contributed by atoms with E-state index in [1.165, 1.54) is 4.21 Å². The number of carbonyl (C=O) groups is 1. The Morgan fingerprint density at radius 1 is 1.29 bits per heavy atom. The molecule has 1 atom stereocenters. The Hall–Kier alpha value is -1.30. The zero-order valence-electron chi connectivity index (χ0n) is 12.0. The van der Waals surface area contributed by atoms with Crippen LogP contribution in [0.4, 0.5) is 0 Å². The van der Waals surface area contributed by atoms with Gasteiger partial charge >= 0.3 is 0 Å². The van der Waals surface area contributed by atoms with Crippen LogP contribution >= 0.6 is 23.1 Å². The van der Waals surface area contributed by atoms with Gasteiger partial charge in [-0.15, -0.1) is 23.1 Å². The molecule has 112 valence electrons. The number of nitrogens with two attached hydrogens (primary N) is 1. The second-order valence-electron chi connectivity index (χ2n) is 4.78. The Kier molecular flexibility index (Phi) is 5.85. The number of thiophene rings is 1. The van der Waals surface area contributed by atoms with E-state index in [1.54, 1.807) is 23.1 Å². The summed E-state index contributed by atoms with van der Waals surface area (Å²) in [6.07, 6.45) is 0.950. The summed E-state index contributed by atoms with van der Waals surface area (Å²) in [5.74, 6) is 0.263. The van der Waals surface area contributed by atoms with E-state index in [1.807, 2.05) is 41.8 Å². The maximum atomic E-state index is 12.2. The lowest BCUT2D eigenvalue weighted by Crippen LogP contribution is -2.54. The van der Waals surface area contributed by atoms with Gasteiger partial charge < -0.3 is 5.73 Å². The minimum absolute atomic E-state index is 0.328. The van der Waals surface area contributed by atoms with Gasteiger partial charge in [0, 0.05) is 5.75 Å². The van der Waals surface area contributed by atoms with Gasteiger partial charge in [0.2, 0.25) is 5.91 Å². The molecule has 0 bridgehead atoms. The topological polar surface area (TPSA) is 55.1 Å². The van der Waals surface area contributed by atoms with Crippen LogP contribution in [0.15, 0.2) is 52.1 Å². The highest BCUT2D eigenvalue weighted by Crippen LogP contribution is 2.32. The maximum Gasteiger partial charge on any atom is 0.243 e. The Labute approximate surface area is 133 Å². The molecule has 1 aromatic heterocycles. The Bertz CT molecular complexity index is 557. The number of carbonyl (C=O) groups excluding carboxylic acids is 1. The number of nitrogens with one attached hydrogen (secondary N) is 1.